The van der Waals surface area contributed by atoms with Gasteiger partial charge in [-0.2, -0.15) is 5.26 Å². The number of benzene rings is 3. The Morgan fingerprint density at radius 2 is 1.54 bits per heavy atom. The van der Waals surface area contributed by atoms with Crippen LogP contribution in [0.5, 0.6) is 0 Å². The quantitative estimate of drug-likeness (QED) is 0.649. The van der Waals surface area contributed by atoms with Gasteiger partial charge in [-0.1, -0.05) is 60.7 Å². The number of carbonyl (C=O) groups is 1. The highest BCUT2D eigenvalue weighted by Crippen LogP contribution is 2.35. The molecule has 3 rings (SSSR count). The molecule has 1 amide bonds. The first-order valence-corrected chi connectivity index (χ1v) is 9.17. The number of nitrogens with zero attached hydrogens (tertiary/aromatic N) is 1. The zero-order valence-electron chi connectivity index (χ0n) is 14.1. The van der Waals surface area contributed by atoms with Crippen molar-refractivity contribution in [1.29, 1.82) is 5.26 Å². The van der Waals surface area contributed by atoms with Gasteiger partial charge in [0, 0.05) is 11.4 Å². The Bertz CT molecular complexity index is 887. The van der Waals surface area contributed by atoms with Gasteiger partial charge in [0.05, 0.1) is 11.6 Å². The van der Waals surface area contributed by atoms with E-state index in [0.717, 1.165) is 16.0 Å². The lowest BCUT2D eigenvalue weighted by molar-refractivity contribution is -0.120. The molecule has 0 heterocycles. The van der Waals surface area contributed by atoms with Crippen LogP contribution in [0.1, 0.15) is 21.9 Å². The van der Waals surface area contributed by atoms with Gasteiger partial charge in [0.2, 0.25) is 5.91 Å². The normalized spacial score (nSPS) is 11.3. The Balaban J connectivity index is 1.73. The van der Waals surface area contributed by atoms with Gasteiger partial charge in [-0.15, -0.1) is 11.8 Å². The van der Waals surface area contributed by atoms with Gasteiger partial charge in [0.15, 0.2) is 0 Å². The SMILES string of the molecule is N#Cc1ccc(CNC(=O)C(Sc2ccccc2)c2ccccc2)cc1. The molecule has 1 atom stereocenters. The highest BCUT2D eigenvalue weighted by molar-refractivity contribution is 8.00. The van der Waals surface area contributed by atoms with Gasteiger partial charge in [0.1, 0.15) is 5.25 Å². The molecule has 3 aromatic carbocycles. The number of nitrogens with one attached hydrogen (secondary N) is 1. The summed E-state index contributed by atoms with van der Waals surface area (Å²) in [5, 5.41) is 11.6. The molecule has 0 aromatic heterocycles. The molecule has 0 aliphatic heterocycles. The van der Waals surface area contributed by atoms with Gasteiger partial charge < -0.3 is 5.32 Å². The van der Waals surface area contributed by atoms with Gasteiger partial charge in [-0.3, -0.25) is 4.79 Å². The first-order valence-electron chi connectivity index (χ1n) is 8.29. The van der Waals surface area contributed by atoms with Crippen molar-refractivity contribution >= 4 is 17.7 Å². The summed E-state index contributed by atoms with van der Waals surface area (Å²) in [6, 6.07) is 29.0. The van der Waals surface area contributed by atoms with Crippen LogP contribution >= 0.6 is 11.8 Å². The largest absolute Gasteiger partial charge is 0.351 e. The molecule has 0 aliphatic rings. The van der Waals surface area contributed by atoms with Crippen LogP contribution in [0.4, 0.5) is 0 Å². The van der Waals surface area contributed by atoms with Crippen LogP contribution in [0.2, 0.25) is 0 Å². The molecule has 1 N–H and O–H groups in total. The number of carbonyl (C=O) groups excluding carboxylic acids is 1. The fourth-order valence-corrected chi connectivity index (χ4v) is 3.58. The van der Waals surface area contributed by atoms with Gasteiger partial charge in [0.25, 0.3) is 0 Å². The van der Waals surface area contributed by atoms with Crippen LogP contribution in [0.15, 0.2) is 89.8 Å². The summed E-state index contributed by atoms with van der Waals surface area (Å²) in [7, 11) is 0. The lowest BCUT2D eigenvalue weighted by atomic mass is 10.1. The number of hydrogen-bond donors (Lipinski definition) is 1. The smallest absolute Gasteiger partial charge is 0.238 e. The minimum Gasteiger partial charge on any atom is -0.351 e. The van der Waals surface area contributed by atoms with E-state index in [1.165, 1.54) is 11.8 Å². The number of thioether (sulfide) groups is 1. The summed E-state index contributed by atoms with van der Waals surface area (Å²) in [6.07, 6.45) is 0. The number of amides is 1. The maximum absolute atomic E-state index is 12.9. The first-order chi connectivity index (χ1) is 12.8. The zero-order valence-corrected chi connectivity index (χ0v) is 14.9. The van der Waals surface area contributed by atoms with Crippen LogP contribution in [0.3, 0.4) is 0 Å². The topological polar surface area (TPSA) is 52.9 Å². The van der Waals surface area contributed by atoms with Crippen LogP contribution < -0.4 is 5.32 Å². The Kier molecular flexibility index (Phi) is 6.08. The third kappa shape index (κ3) is 4.75. The Morgan fingerprint density at radius 1 is 0.923 bits per heavy atom. The van der Waals surface area contributed by atoms with Crippen LogP contribution in [-0.2, 0) is 11.3 Å². The Labute approximate surface area is 157 Å². The molecule has 0 saturated carbocycles. The molecular formula is C22H18N2OS. The number of hydrogen-bond acceptors (Lipinski definition) is 3. The molecule has 0 aliphatic carbocycles. The molecular weight excluding hydrogens is 340 g/mol. The van der Waals surface area contributed by atoms with Gasteiger partial charge >= 0.3 is 0 Å². The van der Waals surface area contributed by atoms with Gasteiger partial charge in [-0.25, -0.2) is 0 Å². The highest BCUT2D eigenvalue weighted by atomic mass is 32.2. The van der Waals surface area contributed by atoms with Crippen molar-refractivity contribution in [3.8, 4) is 6.07 Å². The molecule has 0 saturated heterocycles. The van der Waals surface area contributed by atoms with E-state index >= 15 is 0 Å². The van der Waals surface area contributed by atoms with E-state index in [-0.39, 0.29) is 11.2 Å². The average molecular weight is 358 g/mol. The molecule has 26 heavy (non-hydrogen) atoms. The summed E-state index contributed by atoms with van der Waals surface area (Å²) in [6.45, 7) is 0.434. The monoisotopic (exact) mass is 358 g/mol. The van der Waals surface area contributed by atoms with E-state index in [2.05, 4.69) is 11.4 Å². The second-order valence-corrected chi connectivity index (χ2v) is 6.93. The average Bonchev–Trinajstić information content (AvgIpc) is 2.72. The molecule has 0 spiro atoms. The summed E-state index contributed by atoms with van der Waals surface area (Å²) < 4.78 is 0. The van der Waals surface area contributed by atoms with E-state index in [4.69, 9.17) is 5.26 Å². The molecule has 1 unspecified atom stereocenters. The summed E-state index contributed by atoms with van der Waals surface area (Å²) in [5.41, 5.74) is 2.55. The molecule has 0 radical (unpaired) electrons. The fourth-order valence-electron chi connectivity index (χ4n) is 2.51. The predicted octanol–water partition coefficient (Wildman–Crippen LogP) is 4.71. The van der Waals surface area contributed by atoms with Gasteiger partial charge in [-0.05, 0) is 35.4 Å². The summed E-state index contributed by atoms with van der Waals surface area (Å²) in [5.74, 6) is -0.0330. The maximum Gasteiger partial charge on any atom is 0.238 e. The van der Waals surface area contributed by atoms with Crippen molar-refractivity contribution in [2.24, 2.45) is 0 Å². The summed E-state index contributed by atoms with van der Waals surface area (Å²) >= 11 is 1.54. The zero-order chi connectivity index (χ0) is 18.2. The molecule has 4 heteroatoms. The van der Waals surface area contributed by atoms with Crippen LogP contribution in [0, 0.1) is 11.3 Å². The van der Waals surface area contributed by atoms with E-state index in [9.17, 15) is 4.79 Å². The third-order valence-electron chi connectivity index (χ3n) is 3.89. The van der Waals surface area contributed by atoms with E-state index < -0.39 is 0 Å². The molecule has 3 aromatic rings. The lowest BCUT2D eigenvalue weighted by Crippen LogP contribution is -2.27. The molecule has 3 nitrogen and oxygen atoms in total. The molecule has 128 valence electrons. The van der Waals surface area contributed by atoms with Crippen molar-refractivity contribution in [3.63, 3.8) is 0 Å². The first kappa shape index (κ1) is 17.8. The van der Waals surface area contributed by atoms with Crippen LogP contribution in [0.25, 0.3) is 0 Å². The maximum atomic E-state index is 12.9. The number of rotatable bonds is 6. The second-order valence-electron chi connectivity index (χ2n) is 5.75. The lowest BCUT2D eigenvalue weighted by Gasteiger charge is -2.17. The Hall–Kier alpha value is -3.03. The molecule has 0 bridgehead atoms. The fraction of sp³-hybridized carbons (Fsp3) is 0.0909. The van der Waals surface area contributed by atoms with Crippen molar-refractivity contribution in [1.82, 2.24) is 5.32 Å². The third-order valence-corrected chi connectivity index (χ3v) is 5.15. The predicted molar refractivity (Wildman–Crippen MR) is 104 cm³/mol. The van der Waals surface area contributed by atoms with Crippen molar-refractivity contribution in [3.05, 3.63) is 102 Å². The van der Waals surface area contributed by atoms with E-state index in [1.54, 1.807) is 12.1 Å². The Morgan fingerprint density at radius 3 is 2.15 bits per heavy atom. The minimum absolute atomic E-state index is 0.0330. The second kappa shape index (κ2) is 8.89. The van der Waals surface area contributed by atoms with Crippen molar-refractivity contribution in [2.45, 2.75) is 16.7 Å². The van der Waals surface area contributed by atoms with Crippen molar-refractivity contribution in [2.75, 3.05) is 0 Å². The standard InChI is InChI=1S/C22H18N2OS/c23-15-17-11-13-18(14-12-17)16-24-22(25)21(19-7-3-1-4-8-19)26-20-9-5-2-6-10-20/h1-14,21H,16H2,(H,24,25). The van der Waals surface area contributed by atoms with E-state index in [1.807, 2.05) is 72.8 Å². The highest BCUT2D eigenvalue weighted by Gasteiger charge is 2.21. The van der Waals surface area contributed by atoms with Crippen molar-refractivity contribution < 1.29 is 4.79 Å². The van der Waals surface area contributed by atoms with E-state index in [0.29, 0.717) is 12.1 Å². The number of nitriles is 1. The molecule has 0 fully saturated rings. The summed E-state index contributed by atoms with van der Waals surface area (Å²) in [4.78, 5) is 13.9. The minimum atomic E-state index is -0.322. The van der Waals surface area contributed by atoms with Crippen LogP contribution in [-0.4, -0.2) is 5.91 Å².